The molecule has 0 aliphatic carbocycles. The van der Waals surface area contributed by atoms with Crippen LogP contribution in [-0.4, -0.2) is 39.4 Å². The zero-order valence-corrected chi connectivity index (χ0v) is 16.2. The molecule has 1 aromatic rings. The maximum atomic E-state index is 12.7. The Labute approximate surface area is 148 Å². The van der Waals surface area contributed by atoms with Gasteiger partial charge >= 0.3 is 0 Å². The van der Waals surface area contributed by atoms with Gasteiger partial charge < -0.3 is 5.32 Å². The Hall–Kier alpha value is -0.140. The molecule has 1 aliphatic heterocycles. The summed E-state index contributed by atoms with van der Waals surface area (Å²) in [6.07, 6.45) is 3.02. The van der Waals surface area contributed by atoms with Gasteiger partial charge in [0.1, 0.15) is 0 Å². The highest BCUT2D eigenvalue weighted by molar-refractivity contribution is 9.10. The van der Waals surface area contributed by atoms with Crippen LogP contribution in [0.5, 0.6) is 0 Å². The second kappa shape index (κ2) is 8.64. The van der Waals surface area contributed by atoms with Gasteiger partial charge in [0.05, 0.1) is 4.90 Å². The summed E-state index contributed by atoms with van der Waals surface area (Å²) >= 11 is 3.38. The van der Waals surface area contributed by atoms with Crippen LogP contribution in [0.15, 0.2) is 27.6 Å². The summed E-state index contributed by atoms with van der Waals surface area (Å²) in [4.78, 5) is 0.377. The highest BCUT2D eigenvalue weighted by Gasteiger charge is 2.30. The Morgan fingerprint density at radius 3 is 2.50 bits per heavy atom. The highest BCUT2D eigenvalue weighted by atomic mass is 79.9. The van der Waals surface area contributed by atoms with Gasteiger partial charge in [-0.15, -0.1) is 12.4 Å². The van der Waals surface area contributed by atoms with Gasteiger partial charge in [-0.05, 0) is 79.3 Å². The molecule has 0 amide bonds. The van der Waals surface area contributed by atoms with E-state index in [1.54, 1.807) is 10.4 Å². The summed E-state index contributed by atoms with van der Waals surface area (Å²) in [5.74, 6) is 0.630. The van der Waals surface area contributed by atoms with E-state index >= 15 is 0 Å². The van der Waals surface area contributed by atoms with Gasteiger partial charge in [0.25, 0.3) is 0 Å². The Bertz CT molecular complexity index is 587. The molecule has 0 saturated carbocycles. The summed E-state index contributed by atoms with van der Waals surface area (Å²) in [6.45, 7) is 4.20. The zero-order chi connectivity index (χ0) is 15.5. The van der Waals surface area contributed by atoms with Crippen molar-refractivity contribution in [2.24, 2.45) is 5.92 Å². The lowest BCUT2D eigenvalue weighted by molar-refractivity contribution is 0.263. The van der Waals surface area contributed by atoms with E-state index in [-0.39, 0.29) is 12.4 Å². The van der Waals surface area contributed by atoms with Crippen molar-refractivity contribution in [1.82, 2.24) is 9.62 Å². The van der Waals surface area contributed by atoms with Crippen LogP contribution in [0.2, 0.25) is 0 Å². The molecule has 4 nitrogen and oxygen atoms in total. The standard InChI is InChI=1S/C15H23BrN2O2S.ClH/c1-12-3-4-15(14(16)11-12)21(19,20)18-9-6-13(7-10-18)5-8-17-2;/h3-4,11,13,17H,5-10H2,1-2H3;1H. The van der Waals surface area contributed by atoms with E-state index in [4.69, 9.17) is 0 Å². The van der Waals surface area contributed by atoms with Gasteiger partial charge in [0.2, 0.25) is 10.0 Å². The van der Waals surface area contributed by atoms with Gasteiger partial charge in [-0.2, -0.15) is 4.31 Å². The largest absolute Gasteiger partial charge is 0.320 e. The SMILES string of the molecule is CNCCC1CCN(S(=O)(=O)c2ccc(C)cc2Br)CC1.Cl. The predicted molar refractivity (Wildman–Crippen MR) is 96.2 cm³/mol. The summed E-state index contributed by atoms with van der Waals surface area (Å²) in [5, 5.41) is 3.16. The Morgan fingerprint density at radius 2 is 1.95 bits per heavy atom. The van der Waals surface area contributed by atoms with Crippen LogP contribution in [0.1, 0.15) is 24.8 Å². The minimum atomic E-state index is -3.38. The third kappa shape index (κ3) is 4.68. The number of aryl methyl sites for hydroxylation is 1. The molecule has 7 heteroatoms. The lowest BCUT2D eigenvalue weighted by Gasteiger charge is -2.31. The summed E-state index contributed by atoms with van der Waals surface area (Å²) in [5.41, 5.74) is 1.05. The first-order valence-electron chi connectivity index (χ1n) is 7.36. The highest BCUT2D eigenvalue weighted by Crippen LogP contribution is 2.29. The van der Waals surface area contributed by atoms with E-state index in [0.717, 1.165) is 31.4 Å². The first kappa shape index (κ1) is 19.9. The van der Waals surface area contributed by atoms with Gasteiger partial charge in [-0.1, -0.05) is 6.07 Å². The topological polar surface area (TPSA) is 49.4 Å². The third-order valence-electron chi connectivity index (χ3n) is 4.08. The molecule has 0 spiro atoms. The molecular formula is C15H24BrClN2O2S. The number of rotatable bonds is 5. The molecule has 1 fully saturated rings. The Morgan fingerprint density at radius 1 is 1.32 bits per heavy atom. The van der Waals surface area contributed by atoms with Crippen molar-refractivity contribution < 1.29 is 8.42 Å². The number of benzene rings is 1. The maximum Gasteiger partial charge on any atom is 0.244 e. The van der Waals surface area contributed by atoms with Crippen LogP contribution < -0.4 is 5.32 Å². The number of nitrogens with one attached hydrogen (secondary N) is 1. The molecule has 1 aliphatic rings. The van der Waals surface area contributed by atoms with Crippen molar-refractivity contribution in [2.45, 2.75) is 31.1 Å². The fourth-order valence-electron chi connectivity index (χ4n) is 2.74. The fraction of sp³-hybridized carbons (Fsp3) is 0.600. The van der Waals surface area contributed by atoms with E-state index in [0.29, 0.717) is 28.4 Å². The number of halogens is 2. The first-order chi connectivity index (χ1) is 9.95. The average Bonchev–Trinajstić information content (AvgIpc) is 2.45. The molecule has 126 valence electrons. The summed E-state index contributed by atoms with van der Waals surface area (Å²) in [6, 6.07) is 5.39. The van der Waals surface area contributed by atoms with Crippen molar-refractivity contribution in [3.8, 4) is 0 Å². The molecule has 2 rings (SSSR count). The van der Waals surface area contributed by atoms with Crippen LogP contribution in [-0.2, 0) is 10.0 Å². The second-order valence-electron chi connectivity index (χ2n) is 5.67. The maximum absolute atomic E-state index is 12.7. The smallest absolute Gasteiger partial charge is 0.244 e. The van der Waals surface area contributed by atoms with Gasteiger partial charge in [-0.25, -0.2) is 8.42 Å². The molecule has 1 heterocycles. The van der Waals surface area contributed by atoms with Crippen LogP contribution in [0.3, 0.4) is 0 Å². The molecular weight excluding hydrogens is 388 g/mol. The molecule has 1 aromatic carbocycles. The first-order valence-corrected chi connectivity index (χ1v) is 9.59. The van der Waals surface area contributed by atoms with Crippen LogP contribution in [0, 0.1) is 12.8 Å². The predicted octanol–water partition coefficient (Wildman–Crippen LogP) is 3.19. The molecule has 1 N–H and O–H groups in total. The van der Waals surface area contributed by atoms with Crippen molar-refractivity contribution in [2.75, 3.05) is 26.7 Å². The third-order valence-corrected chi connectivity index (χ3v) is 6.96. The number of sulfonamides is 1. The Kier molecular flexibility index (Phi) is 7.82. The van der Waals surface area contributed by atoms with Gasteiger partial charge in [0, 0.05) is 17.6 Å². The van der Waals surface area contributed by atoms with Gasteiger partial charge in [0.15, 0.2) is 0 Å². The van der Waals surface area contributed by atoms with Crippen molar-refractivity contribution in [3.05, 3.63) is 28.2 Å². The van der Waals surface area contributed by atoms with Crippen molar-refractivity contribution >= 4 is 38.4 Å². The molecule has 0 unspecified atom stereocenters. The van der Waals surface area contributed by atoms with E-state index in [1.807, 2.05) is 26.1 Å². The lowest BCUT2D eigenvalue weighted by atomic mass is 9.95. The summed E-state index contributed by atoms with van der Waals surface area (Å²) < 4.78 is 27.7. The molecule has 0 bridgehead atoms. The minimum Gasteiger partial charge on any atom is -0.320 e. The lowest BCUT2D eigenvalue weighted by Crippen LogP contribution is -2.39. The van der Waals surface area contributed by atoms with Crippen molar-refractivity contribution in [3.63, 3.8) is 0 Å². The zero-order valence-electron chi connectivity index (χ0n) is 13.0. The number of hydrogen-bond donors (Lipinski definition) is 1. The van der Waals surface area contributed by atoms with Crippen molar-refractivity contribution in [1.29, 1.82) is 0 Å². The van der Waals surface area contributed by atoms with E-state index < -0.39 is 10.0 Å². The Balaban J connectivity index is 0.00000242. The van der Waals surface area contributed by atoms with E-state index in [9.17, 15) is 8.42 Å². The number of piperidine rings is 1. The van der Waals surface area contributed by atoms with Crippen LogP contribution in [0.4, 0.5) is 0 Å². The van der Waals surface area contributed by atoms with Crippen LogP contribution >= 0.6 is 28.3 Å². The monoisotopic (exact) mass is 410 g/mol. The molecule has 1 saturated heterocycles. The number of hydrogen-bond acceptors (Lipinski definition) is 3. The minimum absolute atomic E-state index is 0. The molecule has 0 radical (unpaired) electrons. The van der Waals surface area contributed by atoms with E-state index in [2.05, 4.69) is 21.2 Å². The number of nitrogens with zero attached hydrogens (tertiary/aromatic N) is 1. The molecule has 0 atom stereocenters. The molecule has 0 aromatic heterocycles. The fourth-order valence-corrected chi connectivity index (χ4v) is 5.36. The van der Waals surface area contributed by atoms with Crippen LogP contribution in [0.25, 0.3) is 0 Å². The van der Waals surface area contributed by atoms with E-state index in [1.165, 1.54) is 0 Å². The second-order valence-corrected chi connectivity index (χ2v) is 8.43. The molecule has 22 heavy (non-hydrogen) atoms. The normalized spacial score (nSPS) is 17.2. The van der Waals surface area contributed by atoms with Gasteiger partial charge in [-0.3, -0.25) is 0 Å². The summed E-state index contributed by atoms with van der Waals surface area (Å²) in [7, 11) is -1.43. The quantitative estimate of drug-likeness (QED) is 0.809. The average molecular weight is 412 g/mol.